The van der Waals surface area contributed by atoms with Crippen molar-refractivity contribution in [1.29, 1.82) is 0 Å². The van der Waals surface area contributed by atoms with E-state index in [4.69, 9.17) is 4.42 Å². The van der Waals surface area contributed by atoms with Gasteiger partial charge >= 0.3 is 0 Å². The average Bonchev–Trinajstić information content (AvgIpc) is 2.96. The maximum absolute atomic E-state index is 5.92. The number of hydrogen-bond donors (Lipinski definition) is 1. The Morgan fingerprint density at radius 1 is 1.28 bits per heavy atom. The van der Waals surface area contributed by atoms with Gasteiger partial charge in [-0.25, -0.2) is 0 Å². The molecule has 0 aliphatic heterocycles. The highest BCUT2D eigenvalue weighted by Crippen LogP contribution is 2.30. The lowest BCUT2D eigenvalue weighted by Crippen LogP contribution is -2.16. The summed E-state index contributed by atoms with van der Waals surface area (Å²) in [5.74, 6) is 0.966. The molecule has 0 bridgehead atoms. The lowest BCUT2D eigenvalue weighted by atomic mass is 10.1. The van der Waals surface area contributed by atoms with Crippen molar-refractivity contribution in [3.8, 4) is 0 Å². The smallest absolute Gasteiger partial charge is 0.134 e. The van der Waals surface area contributed by atoms with Gasteiger partial charge in [-0.3, -0.25) is 0 Å². The van der Waals surface area contributed by atoms with E-state index in [0.717, 1.165) is 16.7 Å². The van der Waals surface area contributed by atoms with E-state index in [1.807, 2.05) is 25.2 Å². The molecule has 1 aromatic carbocycles. The SMILES string of the molecule is CNC(c1csc(I)c1)c1cc2ccccc2o1. The number of rotatable bonds is 3. The van der Waals surface area contributed by atoms with E-state index in [1.54, 1.807) is 11.3 Å². The predicted octanol–water partition coefficient (Wildman–Crippen LogP) is 4.41. The van der Waals surface area contributed by atoms with Gasteiger partial charge in [0.25, 0.3) is 0 Å². The van der Waals surface area contributed by atoms with Gasteiger partial charge in [-0.2, -0.15) is 0 Å². The van der Waals surface area contributed by atoms with E-state index in [2.05, 4.69) is 51.5 Å². The molecule has 1 unspecified atom stereocenters. The van der Waals surface area contributed by atoms with Crippen molar-refractivity contribution in [3.05, 3.63) is 56.0 Å². The molecule has 3 rings (SSSR count). The van der Waals surface area contributed by atoms with Crippen LogP contribution in [-0.4, -0.2) is 7.05 Å². The zero-order valence-corrected chi connectivity index (χ0v) is 12.8. The monoisotopic (exact) mass is 369 g/mol. The summed E-state index contributed by atoms with van der Waals surface area (Å²) in [7, 11) is 1.96. The largest absolute Gasteiger partial charge is 0.459 e. The summed E-state index contributed by atoms with van der Waals surface area (Å²) >= 11 is 4.10. The van der Waals surface area contributed by atoms with Crippen molar-refractivity contribution in [1.82, 2.24) is 5.32 Å². The quantitative estimate of drug-likeness (QED) is 0.692. The fourth-order valence-corrected chi connectivity index (χ4v) is 3.49. The highest BCUT2D eigenvalue weighted by Gasteiger charge is 2.17. The minimum absolute atomic E-state index is 0.122. The molecular weight excluding hydrogens is 357 g/mol. The first-order valence-electron chi connectivity index (χ1n) is 5.67. The zero-order chi connectivity index (χ0) is 12.5. The van der Waals surface area contributed by atoms with Crippen LogP contribution in [0.1, 0.15) is 17.4 Å². The molecule has 0 fully saturated rings. The van der Waals surface area contributed by atoms with Crippen molar-refractivity contribution < 1.29 is 4.42 Å². The minimum Gasteiger partial charge on any atom is -0.459 e. The fourth-order valence-electron chi connectivity index (χ4n) is 2.09. The van der Waals surface area contributed by atoms with Crippen LogP contribution in [0.2, 0.25) is 0 Å². The van der Waals surface area contributed by atoms with Crippen molar-refractivity contribution >= 4 is 44.9 Å². The molecule has 1 N–H and O–H groups in total. The standard InChI is InChI=1S/C14H12INOS/c1-16-14(10-7-13(15)18-8-10)12-6-9-4-2-3-5-11(9)17-12/h2-8,14,16H,1H3. The second-order valence-corrected chi connectivity index (χ2v) is 6.90. The summed E-state index contributed by atoms with van der Waals surface area (Å²) in [6, 6.07) is 12.5. The fraction of sp³-hybridized carbons (Fsp3) is 0.143. The van der Waals surface area contributed by atoms with E-state index in [-0.39, 0.29) is 6.04 Å². The maximum atomic E-state index is 5.92. The molecule has 3 aromatic rings. The molecule has 0 radical (unpaired) electrons. The Morgan fingerprint density at radius 3 is 2.78 bits per heavy atom. The maximum Gasteiger partial charge on any atom is 0.134 e. The molecular formula is C14H12INOS. The third-order valence-electron chi connectivity index (χ3n) is 2.94. The number of furan rings is 1. The second kappa shape index (κ2) is 5.03. The second-order valence-electron chi connectivity index (χ2n) is 4.09. The highest BCUT2D eigenvalue weighted by atomic mass is 127. The summed E-state index contributed by atoms with van der Waals surface area (Å²) in [5, 5.41) is 6.65. The number of halogens is 1. The van der Waals surface area contributed by atoms with Crippen molar-refractivity contribution in [2.75, 3.05) is 7.05 Å². The molecule has 2 nitrogen and oxygen atoms in total. The molecule has 18 heavy (non-hydrogen) atoms. The lowest BCUT2D eigenvalue weighted by molar-refractivity contribution is 0.492. The number of para-hydroxylation sites is 1. The summed E-state index contributed by atoms with van der Waals surface area (Å²) in [4.78, 5) is 0. The Balaban J connectivity index is 2.05. The minimum atomic E-state index is 0.122. The summed E-state index contributed by atoms with van der Waals surface area (Å²) in [6.45, 7) is 0. The van der Waals surface area contributed by atoms with Crippen LogP contribution in [0.3, 0.4) is 0 Å². The number of benzene rings is 1. The van der Waals surface area contributed by atoms with E-state index >= 15 is 0 Å². The summed E-state index contributed by atoms with van der Waals surface area (Å²) in [5.41, 5.74) is 2.20. The van der Waals surface area contributed by atoms with Crippen LogP contribution in [0.15, 0.2) is 46.2 Å². The molecule has 0 aliphatic rings. The molecule has 0 aliphatic carbocycles. The Kier molecular flexibility index (Phi) is 3.41. The lowest BCUT2D eigenvalue weighted by Gasteiger charge is -2.11. The highest BCUT2D eigenvalue weighted by molar-refractivity contribution is 14.1. The van der Waals surface area contributed by atoms with E-state index < -0.39 is 0 Å². The van der Waals surface area contributed by atoms with Crippen LogP contribution < -0.4 is 5.32 Å². The Labute approximate surface area is 123 Å². The van der Waals surface area contributed by atoms with Crippen LogP contribution in [0, 0.1) is 2.88 Å². The Hall–Kier alpha value is -0.850. The molecule has 0 amide bonds. The van der Waals surface area contributed by atoms with E-state index in [0.29, 0.717) is 0 Å². The number of hydrogen-bond acceptors (Lipinski definition) is 3. The summed E-state index contributed by atoms with van der Waals surface area (Å²) in [6.07, 6.45) is 0. The van der Waals surface area contributed by atoms with Crippen molar-refractivity contribution in [3.63, 3.8) is 0 Å². The summed E-state index contributed by atoms with van der Waals surface area (Å²) < 4.78 is 7.22. The first-order chi connectivity index (χ1) is 8.78. The normalized spacial score (nSPS) is 13.0. The van der Waals surface area contributed by atoms with Crippen LogP contribution in [0.4, 0.5) is 0 Å². The molecule has 4 heteroatoms. The van der Waals surface area contributed by atoms with Gasteiger partial charge in [0.15, 0.2) is 0 Å². The first-order valence-corrected chi connectivity index (χ1v) is 7.63. The number of nitrogens with one attached hydrogen (secondary N) is 1. The van der Waals surface area contributed by atoms with Crippen molar-refractivity contribution in [2.24, 2.45) is 0 Å². The van der Waals surface area contributed by atoms with Crippen LogP contribution in [0.5, 0.6) is 0 Å². The third-order valence-corrected chi connectivity index (χ3v) is 4.75. The van der Waals surface area contributed by atoms with Crippen LogP contribution in [-0.2, 0) is 0 Å². The molecule has 0 saturated carbocycles. The van der Waals surface area contributed by atoms with Crippen LogP contribution >= 0.6 is 33.9 Å². The van der Waals surface area contributed by atoms with Gasteiger partial charge in [0, 0.05) is 5.39 Å². The van der Waals surface area contributed by atoms with E-state index in [1.165, 1.54) is 8.45 Å². The van der Waals surface area contributed by atoms with Gasteiger partial charge < -0.3 is 9.73 Å². The van der Waals surface area contributed by atoms with Gasteiger partial charge in [-0.05, 0) is 58.8 Å². The Bertz CT molecular complexity index is 640. The molecule has 0 saturated heterocycles. The predicted molar refractivity (Wildman–Crippen MR) is 84.2 cm³/mol. The third kappa shape index (κ3) is 2.20. The van der Waals surface area contributed by atoms with Gasteiger partial charge in [-0.15, -0.1) is 11.3 Å². The molecule has 1 atom stereocenters. The van der Waals surface area contributed by atoms with Gasteiger partial charge in [0.2, 0.25) is 0 Å². The zero-order valence-electron chi connectivity index (χ0n) is 9.81. The first kappa shape index (κ1) is 12.2. The van der Waals surface area contributed by atoms with Gasteiger partial charge in [-0.1, -0.05) is 18.2 Å². The molecule has 0 spiro atoms. The van der Waals surface area contributed by atoms with Crippen molar-refractivity contribution in [2.45, 2.75) is 6.04 Å². The number of fused-ring (bicyclic) bond motifs is 1. The Morgan fingerprint density at radius 2 is 2.11 bits per heavy atom. The van der Waals surface area contributed by atoms with Gasteiger partial charge in [0.05, 0.1) is 8.93 Å². The molecule has 92 valence electrons. The number of thiophene rings is 1. The average molecular weight is 369 g/mol. The van der Waals surface area contributed by atoms with Gasteiger partial charge in [0.1, 0.15) is 11.3 Å². The molecule has 2 aromatic heterocycles. The topological polar surface area (TPSA) is 25.2 Å². The van der Waals surface area contributed by atoms with E-state index in [9.17, 15) is 0 Å². The van der Waals surface area contributed by atoms with Crippen LogP contribution in [0.25, 0.3) is 11.0 Å². The molecule has 2 heterocycles.